The van der Waals surface area contributed by atoms with E-state index >= 15 is 0 Å². The van der Waals surface area contributed by atoms with Gasteiger partial charge in [0, 0.05) is 43.0 Å². The van der Waals surface area contributed by atoms with Crippen LogP contribution in [0.15, 0.2) is 16.8 Å². The van der Waals surface area contributed by atoms with Crippen LogP contribution in [-0.4, -0.2) is 42.4 Å². The Kier molecular flexibility index (Phi) is 8.58. The van der Waals surface area contributed by atoms with Crippen molar-refractivity contribution < 1.29 is 9.59 Å². The quantitative estimate of drug-likeness (QED) is 0.765. The van der Waals surface area contributed by atoms with Gasteiger partial charge in [-0.15, -0.1) is 12.4 Å². The number of thiophene rings is 1. The van der Waals surface area contributed by atoms with E-state index in [4.69, 9.17) is 5.73 Å². The van der Waals surface area contributed by atoms with Gasteiger partial charge in [-0.2, -0.15) is 11.3 Å². The molecule has 1 aromatic rings. The summed E-state index contributed by atoms with van der Waals surface area (Å²) in [5.41, 5.74) is 6.63. The van der Waals surface area contributed by atoms with Crippen LogP contribution in [0.1, 0.15) is 43.0 Å². The smallest absolute Gasteiger partial charge is 0.252 e. The van der Waals surface area contributed by atoms with Gasteiger partial charge in [0.15, 0.2) is 0 Å². The molecule has 2 amide bonds. The minimum atomic E-state index is -0.0660. The van der Waals surface area contributed by atoms with Crippen LogP contribution in [-0.2, 0) is 4.79 Å². The molecule has 1 aliphatic rings. The fraction of sp³-hybridized carbons (Fsp3) is 0.625. The number of nitrogens with two attached hydrogens (primary N) is 1. The molecule has 1 fully saturated rings. The molecule has 0 aliphatic carbocycles. The molecular formula is C16H26ClN3O2S. The summed E-state index contributed by atoms with van der Waals surface area (Å²) in [5, 5.41) is 6.55. The minimum absolute atomic E-state index is 0. The Bertz CT molecular complexity index is 494. The lowest BCUT2D eigenvalue weighted by molar-refractivity contribution is -0.133. The number of hydrogen-bond acceptors (Lipinski definition) is 4. The van der Waals surface area contributed by atoms with Crippen molar-refractivity contribution in [2.24, 2.45) is 11.7 Å². The highest BCUT2D eigenvalue weighted by atomic mass is 35.5. The van der Waals surface area contributed by atoms with Crippen LogP contribution >= 0.6 is 23.7 Å². The highest BCUT2D eigenvalue weighted by Crippen LogP contribution is 2.19. The van der Waals surface area contributed by atoms with Crippen LogP contribution in [0.4, 0.5) is 0 Å². The van der Waals surface area contributed by atoms with Crippen LogP contribution in [0.3, 0.4) is 0 Å². The lowest BCUT2D eigenvalue weighted by Crippen LogP contribution is -2.45. The summed E-state index contributed by atoms with van der Waals surface area (Å²) in [5.74, 6) is 0.523. The average Bonchev–Trinajstić information content (AvgIpc) is 3.05. The van der Waals surface area contributed by atoms with Crippen LogP contribution < -0.4 is 11.1 Å². The molecule has 2 rings (SSSR count). The maximum atomic E-state index is 12.2. The van der Waals surface area contributed by atoms with E-state index in [2.05, 4.69) is 5.32 Å². The van der Waals surface area contributed by atoms with E-state index in [0.717, 1.165) is 25.9 Å². The molecule has 1 saturated heterocycles. The average molecular weight is 360 g/mol. The van der Waals surface area contributed by atoms with E-state index in [1.807, 2.05) is 22.6 Å². The number of rotatable bonds is 6. The zero-order valence-corrected chi connectivity index (χ0v) is 15.1. The molecule has 1 aliphatic heterocycles. The molecule has 130 valence electrons. The summed E-state index contributed by atoms with van der Waals surface area (Å²) >= 11 is 1.50. The second-order valence-corrected chi connectivity index (χ2v) is 6.75. The first kappa shape index (κ1) is 19.9. The maximum absolute atomic E-state index is 12.2. The highest BCUT2D eigenvalue weighted by Gasteiger charge is 2.25. The molecule has 2 atom stereocenters. The van der Waals surface area contributed by atoms with Crippen LogP contribution in [0.2, 0.25) is 0 Å². The van der Waals surface area contributed by atoms with E-state index < -0.39 is 0 Å². The first-order chi connectivity index (χ1) is 10.6. The topological polar surface area (TPSA) is 75.4 Å². The summed E-state index contributed by atoms with van der Waals surface area (Å²) in [4.78, 5) is 25.9. The Labute approximate surface area is 148 Å². The first-order valence-electron chi connectivity index (χ1n) is 7.91. The van der Waals surface area contributed by atoms with E-state index in [9.17, 15) is 9.59 Å². The summed E-state index contributed by atoms with van der Waals surface area (Å²) in [6.45, 7) is 4.16. The van der Waals surface area contributed by atoms with Gasteiger partial charge >= 0.3 is 0 Å². The summed E-state index contributed by atoms with van der Waals surface area (Å²) in [6.07, 6.45) is 3.30. The lowest BCUT2D eigenvalue weighted by Gasteiger charge is -2.34. The Balaban J connectivity index is 0.00000264. The molecule has 23 heavy (non-hydrogen) atoms. The molecule has 0 saturated carbocycles. The summed E-state index contributed by atoms with van der Waals surface area (Å²) < 4.78 is 0. The molecular weight excluding hydrogens is 334 g/mol. The molecule has 0 spiro atoms. The number of nitrogens with one attached hydrogen (secondary N) is 1. The zero-order chi connectivity index (χ0) is 15.9. The van der Waals surface area contributed by atoms with Crippen molar-refractivity contribution in [3.63, 3.8) is 0 Å². The normalized spacial score (nSPS) is 18.9. The molecule has 7 heteroatoms. The Morgan fingerprint density at radius 3 is 2.96 bits per heavy atom. The predicted molar refractivity (Wildman–Crippen MR) is 96.1 cm³/mol. The van der Waals surface area contributed by atoms with Crippen molar-refractivity contribution in [3.8, 4) is 0 Å². The summed E-state index contributed by atoms with van der Waals surface area (Å²) in [7, 11) is 0. The van der Waals surface area contributed by atoms with Gasteiger partial charge in [0.2, 0.25) is 5.91 Å². The van der Waals surface area contributed by atoms with Crippen molar-refractivity contribution in [1.29, 1.82) is 0 Å². The fourth-order valence-electron chi connectivity index (χ4n) is 2.76. The van der Waals surface area contributed by atoms with Gasteiger partial charge < -0.3 is 16.0 Å². The Hall–Kier alpha value is -1.11. The Morgan fingerprint density at radius 2 is 2.30 bits per heavy atom. The second kappa shape index (κ2) is 9.90. The molecule has 2 unspecified atom stereocenters. The highest BCUT2D eigenvalue weighted by molar-refractivity contribution is 7.08. The second-order valence-electron chi connectivity index (χ2n) is 5.97. The third-order valence-electron chi connectivity index (χ3n) is 4.19. The van der Waals surface area contributed by atoms with Gasteiger partial charge in [0.05, 0.1) is 0 Å². The SMILES string of the molecule is CC(N)C1CCCN(C(=O)CCCNC(=O)c2ccsc2)C1.Cl. The van der Waals surface area contributed by atoms with Gasteiger partial charge in [0.25, 0.3) is 5.91 Å². The number of likely N-dealkylation sites (tertiary alicyclic amines) is 1. The van der Waals surface area contributed by atoms with E-state index in [0.29, 0.717) is 30.9 Å². The standard InChI is InChI=1S/C16H25N3O2S.ClH/c1-12(17)13-4-3-8-19(10-13)15(20)5-2-7-18-16(21)14-6-9-22-11-14;/h6,9,11-13H,2-5,7-8,10,17H2,1H3,(H,18,21);1H. The van der Waals surface area contributed by atoms with Crippen LogP contribution in [0, 0.1) is 5.92 Å². The van der Waals surface area contributed by atoms with Gasteiger partial charge in [-0.3, -0.25) is 9.59 Å². The van der Waals surface area contributed by atoms with Gasteiger partial charge in [0.1, 0.15) is 0 Å². The fourth-order valence-corrected chi connectivity index (χ4v) is 3.40. The first-order valence-corrected chi connectivity index (χ1v) is 8.86. The van der Waals surface area contributed by atoms with Gasteiger partial charge in [-0.1, -0.05) is 0 Å². The molecule has 2 heterocycles. The monoisotopic (exact) mass is 359 g/mol. The van der Waals surface area contributed by atoms with E-state index in [1.54, 1.807) is 6.07 Å². The number of hydrogen-bond donors (Lipinski definition) is 2. The van der Waals surface area contributed by atoms with Crippen molar-refractivity contribution in [3.05, 3.63) is 22.4 Å². The number of piperidine rings is 1. The zero-order valence-electron chi connectivity index (χ0n) is 13.5. The van der Waals surface area contributed by atoms with Gasteiger partial charge in [-0.25, -0.2) is 0 Å². The number of halogens is 1. The third-order valence-corrected chi connectivity index (χ3v) is 4.87. The van der Waals surface area contributed by atoms with Crippen molar-refractivity contribution >= 4 is 35.6 Å². The Morgan fingerprint density at radius 1 is 1.52 bits per heavy atom. The van der Waals surface area contributed by atoms with E-state index in [1.165, 1.54) is 11.3 Å². The molecule has 0 radical (unpaired) electrons. The van der Waals surface area contributed by atoms with E-state index in [-0.39, 0.29) is 30.3 Å². The molecule has 3 N–H and O–H groups in total. The molecule has 0 bridgehead atoms. The predicted octanol–water partition coefficient (Wildman–Crippen LogP) is 2.27. The number of nitrogens with zero attached hydrogens (tertiary/aromatic N) is 1. The largest absolute Gasteiger partial charge is 0.352 e. The maximum Gasteiger partial charge on any atom is 0.252 e. The lowest BCUT2D eigenvalue weighted by atomic mass is 9.92. The minimum Gasteiger partial charge on any atom is -0.352 e. The summed E-state index contributed by atoms with van der Waals surface area (Å²) in [6, 6.07) is 1.94. The van der Waals surface area contributed by atoms with Crippen LogP contribution in [0.25, 0.3) is 0 Å². The van der Waals surface area contributed by atoms with Crippen LogP contribution in [0.5, 0.6) is 0 Å². The molecule has 1 aromatic heterocycles. The number of carbonyl (C=O) groups is 2. The van der Waals surface area contributed by atoms with Crippen molar-refractivity contribution in [1.82, 2.24) is 10.2 Å². The molecule has 5 nitrogen and oxygen atoms in total. The molecule has 0 aromatic carbocycles. The number of carbonyl (C=O) groups excluding carboxylic acids is 2. The van der Waals surface area contributed by atoms with Crippen molar-refractivity contribution in [2.45, 2.75) is 38.6 Å². The van der Waals surface area contributed by atoms with Crippen molar-refractivity contribution in [2.75, 3.05) is 19.6 Å². The third kappa shape index (κ3) is 6.12. The number of amides is 2. The van der Waals surface area contributed by atoms with Gasteiger partial charge in [-0.05, 0) is 43.6 Å².